The number of aromatic nitrogens is 3. The van der Waals surface area contributed by atoms with Crippen LogP contribution in [0.4, 0.5) is 0 Å². The molecule has 0 spiro atoms. The van der Waals surface area contributed by atoms with Crippen molar-refractivity contribution in [3.63, 3.8) is 0 Å². The van der Waals surface area contributed by atoms with Crippen molar-refractivity contribution in [3.05, 3.63) is 41.2 Å². The molecule has 4 rings (SSSR count). The number of pyridine rings is 1. The molecule has 1 aliphatic carbocycles. The number of nitrogens with zero attached hydrogens (tertiary/aromatic N) is 2. The average Bonchev–Trinajstić information content (AvgIpc) is 2.92. The lowest BCUT2D eigenvalue weighted by atomic mass is 9.73. The highest BCUT2D eigenvalue weighted by atomic mass is 16.5. The monoisotopic (exact) mass is 335 g/mol. The van der Waals surface area contributed by atoms with E-state index in [1.165, 1.54) is 0 Å². The van der Waals surface area contributed by atoms with Crippen LogP contribution < -0.4 is 4.74 Å². The summed E-state index contributed by atoms with van der Waals surface area (Å²) in [6.07, 6.45) is 1.28. The molecule has 0 unspecified atom stereocenters. The number of H-pyrrole nitrogens is 1. The third kappa shape index (κ3) is 2.42. The van der Waals surface area contributed by atoms with Crippen LogP contribution in [-0.2, 0) is 6.42 Å². The van der Waals surface area contributed by atoms with Gasteiger partial charge in [0.25, 0.3) is 0 Å². The smallest absolute Gasteiger partial charge is 0.182 e. The van der Waals surface area contributed by atoms with E-state index < -0.39 is 0 Å². The molecule has 0 bridgehead atoms. The first-order chi connectivity index (χ1) is 11.9. The Balaban J connectivity index is 2.14. The number of aryl methyl sites for hydroxylation is 1. The maximum absolute atomic E-state index is 13.1. The number of rotatable bonds is 2. The SMILES string of the molecule is COc1ccccc1-c1c2c(nc3n[nH]c(C)c13)CC(C)(C)CC2=O. The zero-order chi connectivity index (χ0) is 17.8. The average molecular weight is 335 g/mol. The van der Waals surface area contributed by atoms with Gasteiger partial charge in [-0.1, -0.05) is 32.0 Å². The molecule has 0 aliphatic heterocycles. The number of carbonyl (C=O) groups excluding carboxylic acids is 1. The molecule has 5 heteroatoms. The largest absolute Gasteiger partial charge is 0.496 e. The number of ketones is 1. The van der Waals surface area contributed by atoms with E-state index in [4.69, 9.17) is 9.72 Å². The van der Waals surface area contributed by atoms with E-state index >= 15 is 0 Å². The van der Waals surface area contributed by atoms with Crippen LogP contribution in [-0.4, -0.2) is 28.1 Å². The zero-order valence-corrected chi connectivity index (χ0v) is 14.9. The Kier molecular flexibility index (Phi) is 3.42. The Bertz CT molecular complexity index is 1000. The van der Waals surface area contributed by atoms with Crippen molar-refractivity contribution >= 4 is 16.8 Å². The summed E-state index contributed by atoms with van der Waals surface area (Å²) < 4.78 is 5.57. The summed E-state index contributed by atoms with van der Waals surface area (Å²) in [7, 11) is 1.65. The molecule has 1 aromatic carbocycles. The summed E-state index contributed by atoms with van der Waals surface area (Å²) in [5, 5.41) is 8.27. The van der Waals surface area contributed by atoms with Crippen molar-refractivity contribution < 1.29 is 9.53 Å². The number of benzene rings is 1. The minimum atomic E-state index is -0.0891. The summed E-state index contributed by atoms with van der Waals surface area (Å²) in [5.74, 6) is 0.887. The molecule has 0 saturated heterocycles. The van der Waals surface area contributed by atoms with Crippen LogP contribution in [0.3, 0.4) is 0 Å². The molecular formula is C20H21N3O2. The lowest BCUT2D eigenvalue weighted by molar-refractivity contribution is 0.0911. The predicted octanol–water partition coefficient (Wildman–Crippen LogP) is 4.10. The van der Waals surface area contributed by atoms with E-state index in [1.54, 1.807) is 7.11 Å². The summed E-state index contributed by atoms with van der Waals surface area (Å²) in [6, 6.07) is 7.80. The highest BCUT2D eigenvalue weighted by molar-refractivity contribution is 6.12. The molecule has 1 N–H and O–H groups in total. The van der Waals surface area contributed by atoms with Gasteiger partial charge in [0.15, 0.2) is 11.4 Å². The fraction of sp³-hybridized carbons (Fsp3) is 0.350. The molecule has 2 heterocycles. The van der Waals surface area contributed by atoms with Crippen LogP contribution in [0.25, 0.3) is 22.2 Å². The van der Waals surface area contributed by atoms with Crippen molar-refractivity contribution in [2.45, 2.75) is 33.6 Å². The Labute approximate surface area is 146 Å². The van der Waals surface area contributed by atoms with E-state index in [1.807, 2.05) is 31.2 Å². The fourth-order valence-corrected chi connectivity index (χ4v) is 3.84. The van der Waals surface area contributed by atoms with Gasteiger partial charge in [-0.05, 0) is 24.8 Å². The summed E-state index contributed by atoms with van der Waals surface area (Å²) >= 11 is 0. The van der Waals surface area contributed by atoms with Crippen LogP contribution in [0.15, 0.2) is 24.3 Å². The number of fused-ring (bicyclic) bond motifs is 2. The second kappa shape index (κ2) is 5.41. The number of aromatic amines is 1. The topological polar surface area (TPSA) is 67.9 Å². The van der Waals surface area contributed by atoms with E-state index in [0.29, 0.717) is 12.1 Å². The van der Waals surface area contributed by atoms with Gasteiger partial charge in [0.2, 0.25) is 0 Å². The zero-order valence-electron chi connectivity index (χ0n) is 14.9. The summed E-state index contributed by atoms with van der Waals surface area (Å²) in [5.41, 5.74) is 4.83. The molecule has 0 atom stereocenters. The molecule has 1 aliphatic rings. The standard InChI is InChI=1S/C20H21N3O2/c1-11-16-17(12-7-5-6-8-15(12)25-4)18-13(21-19(16)23-22-11)9-20(2,3)10-14(18)24/h5-8H,9-10H2,1-4H3,(H,21,22,23). The molecule has 25 heavy (non-hydrogen) atoms. The highest BCUT2D eigenvalue weighted by Gasteiger charge is 2.36. The lowest BCUT2D eigenvalue weighted by Crippen LogP contribution is -2.28. The first-order valence-corrected chi connectivity index (χ1v) is 8.45. The Morgan fingerprint density at radius 1 is 1.16 bits per heavy atom. The van der Waals surface area contributed by atoms with Crippen molar-refractivity contribution in [2.24, 2.45) is 5.41 Å². The maximum atomic E-state index is 13.1. The minimum absolute atomic E-state index is 0.0891. The van der Waals surface area contributed by atoms with Gasteiger partial charge in [0, 0.05) is 28.8 Å². The molecule has 0 amide bonds. The van der Waals surface area contributed by atoms with E-state index in [2.05, 4.69) is 24.0 Å². The minimum Gasteiger partial charge on any atom is -0.496 e. The van der Waals surface area contributed by atoms with Gasteiger partial charge in [0.05, 0.1) is 18.2 Å². The van der Waals surface area contributed by atoms with Gasteiger partial charge in [-0.15, -0.1) is 0 Å². The predicted molar refractivity (Wildman–Crippen MR) is 97.0 cm³/mol. The second-order valence-electron chi connectivity index (χ2n) is 7.50. The Morgan fingerprint density at radius 3 is 2.68 bits per heavy atom. The van der Waals surface area contributed by atoms with Crippen LogP contribution in [0.5, 0.6) is 5.75 Å². The second-order valence-corrected chi connectivity index (χ2v) is 7.50. The third-order valence-electron chi connectivity index (χ3n) is 4.90. The van der Waals surface area contributed by atoms with Gasteiger partial charge in [-0.3, -0.25) is 9.89 Å². The van der Waals surface area contributed by atoms with Gasteiger partial charge >= 0.3 is 0 Å². The maximum Gasteiger partial charge on any atom is 0.182 e. The quantitative estimate of drug-likeness (QED) is 0.765. The van der Waals surface area contributed by atoms with Crippen LogP contribution in [0.2, 0.25) is 0 Å². The number of hydrogen-bond donors (Lipinski definition) is 1. The molecule has 5 nitrogen and oxygen atoms in total. The van der Waals surface area contributed by atoms with Crippen molar-refractivity contribution in [3.8, 4) is 16.9 Å². The van der Waals surface area contributed by atoms with Crippen molar-refractivity contribution in [2.75, 3.05) is 7.11 Å². The van der Waals surface area contributed by atoms with Gasteiger partial charge in [0.1, 0.15) is 5.75 Å². The van der Waals surface area contributed by atoms with Gasteiger partial charge in [-0.25, -0.2) is 4.98 Å². The first kappa shape index (κ1) is 15.8. The Hall–Kier alpha value is -2.69. The van der Waals surface area contributed by atoms with Crippen molar-refractivity contribution in [1.29, 1.82) is 0 Å². The van der Waals surface area contributed by atoms with Crippen LogP contribution in [0, 0.1) is 12.3 Å². The van der Waals surface area contributed by atoms with Gasteiger partial charge in [-0.2, -0.15) is 5.10 Å². The van der Waals surface area contributed by atoms with Crippen molar-refractivity contribution in [1.82, 2.24) is 15.2 Å². The molecule has 2 aromatic heterocycles. The van der Waals surface area contributed by atoms with E-state index in [0.717, 1.165) is 45.6 Å². The number of para-hydroxylation sites is 1. The number of ether oxygens (including phenoxy) is 1. The number of Topliss-reactive ketones (excluding diaryl/α,β-unsaturated/α-hetero) is 1. The number of methoxy groups -OCH3 is 1. The number of carbonyl (C=O) groups is 1. The first-order valence-electron chi connectivity index (χ1n) is 8.45. The number of nitrogens with one attached hydrogen (secondary N) is 1. The molecular weight excluding hydrogens is 314 g/mol. The normalized spacial score (nSPS) is 16.1. The summed E-state index contributed by atoms with van der Waals surface area (Å²) in [6.45, 7) is 6.18. The fourth-order valence-electron chi connectivity index (χ4n) is 3.84. The van der Waals surface area contributed by atoms with Gasteiger partial charge < -0.3 is 4.74 Å². The molecule has 0 fully saturated rings. The molecule has 0 saturated carbocycles. The molecule has 0 radical (unpaired) electrons. The number of hydrogen-bond acceptors (Lipinski definition) is 4. The van der Waals surface area contributed by atoms with E-state index in [-0.39, 0.29) is 11.2 Å². The molecule has 3 aromatic rings. The highest BCUT2D eigenvalue weighted by Crippen LogP contribution is 2.44. The molecule has 128 valence electrons. The van der Waals surface area contributed by atoms with Crippen LogP contribution in [0.1, 0.15) is 42.0 Å². The van der Waals surface area contributed by atoms with E-state index in [9.17, 15) is 4.79 Å². The van der Waals surface area contributed by atoms with Crippen LogP contribution >= 0.6 is 0 Å². The third-order valence-corrected chi connectivity index (χ3v) is 4.90. The summed E-state index contributed by atoms with van der Waals surface area (Å²) in [4.78, 5) is 17.8. The lowest BCUT2D eigenvalue weighted by Gasteiger charge is -2.31. The Morgan fingerprint density at radius 2 is 1.92 bits per heavy atom.